The van der Waals surface area contributed by atoms with Crippen molar-refractivity contribution in [3.8, 4) is 5.75 Å². The first kappa shape index (κ1) is 25.6. The van der Waals surface area contributed by atoms with Crippen molar-refractivity contribution in [2.75, 3.05) is 31.2 Å². The summed E-state index contributed by atoms with van der Waals surface area (Å²) >= 11 is 0. The lowest BCUT2D eigenvalue weighted by Gasteiger charge is -2.26. The van der Waals surface area contributed by atoms with E-state index in [-0.39, 0.29) is 13.2 Å². The summed E-state index contributed by atoms with van der Waals surface area (Å²) in [4.78, 5) is 38.3. The number of hydrogen-bond acceptors (Lipinski definition) is 7. The van der Waals surface area contributed by atoms with Crippen LogP contribution in [0.5, 0.6) is 5.75 Å². The quantitative estimate of drug-likeness (QED) is 0.291. The minimum absolute atomic E-state index is 0.0129. The zero-order valence-electron chi connectivity index (χ0n) is 18.8. The average molecular weight is 450 g/mol. The van der Waals surface area contributed by atoms with Gasteiger partial charge in [-0.2, -0.15) is 0 Å². The molecule has 2 rings (SSSR count). The molecule has 2 atom stereocenters. The molecule has 0 aliphatic carbocycles. The van der Waals surface area contributed by atoms with E-state index in [1.54, 1.807) is 31.2 Å². The van der Waals surface area contributed by atoms with E-state index in [0.717, 1.165) is 38.5 Å². The Morgan fingerprint density at radius 1 is 1.22 bits per heavy atom. The van der Waals surface area contributed by atoms with Crippen LogP contribution in [0, 0.1) is 0 Å². The molecule has 9 nitrogen and oxygen atoms in total. The van der Waals surface area contributed by atoms with Crippen LogP contribution in [0.2, 0.25) is 0 Å². The maximum absolute atomic E-state index is 13.2. The molecule has 0 bridgehead atoms. The number of ether oxygens (including phenoxy) is 2. The third-order valence-corrected chi connectivity index (χ3v) is 5.34. The number of carbonyl (C=O) groups excluding carboxylic acids is 2. The van der Waals surface area contributed by atoms with Crippen LogP contribution in [-0.2, 0) is 19.1 Å². The van der Waals surface area contributed by atoms with Gasteiger partial charge in [0, 0.05) is 0 Å². The normalized spacial score (nSPS) is 16.6. The van der Waals surface area contributed by atoms with Gasteiger partial charge in [0.1, 0.15) is 31.0 Å². The van der Waals surface area contributed by atoms with Gasteiger partial charge in [-0.15, -0.1) is 0 Å². The first-order chi connectivity index (χ1) is 15.5. The molecule has 178 valence electrons. The third kappa shape index (κ3) is 7.80. The van der Waals surface area contributed by atoms with Gasteiger partial charge in [0.2, 0.25) is 5.91 Å². The molecule has 1 unspecified atom stereocenters. The first-order valence-electron chi connectivity index (χ1n) is 11.4. The predicted octanol–water partition coefficient (Wildman–Crippen LogP) is 2.08. The van der Waals surface area contributed by atoms with Crippen molar-refractivity contribution in [3.05, 3.63) is 24.3 Å². The van der Waals surface area contributed by atoms with E-state index in [1.807, 2.05) is 0 Å². The highest BCUT2D eigenvalue weighted by Gasteiger charge is 2.35. The molecule has 0 saturated carbocycles. The second-order valence-electron chi connectivity index (χ2n) is 7.82. The lowest BCUT2D eigenvalue weighted by Crippen LogP contribution is -2.54. The number of hydrogen-bond donors (Lipinski definition) is 3. The number of para-hydroxylation sites is 2. The Hall–Kier alpha value is -2.65. The molecule has 1 aromatic carbocycles. The van der Waals surface area contributed by atoms with E-state index in [0.29, 0.717) is 24.4 Å². The number of aliphatic carboxylic acids is 1. The van der Waals surface area contributed by atoms with Crippen molar-refractivity contribution in [1.82, 2.24) is 5.32 Å². The molecular weight excluding hydrogens is 414 g/mol. The topological polar surface area (TPSA) is 131 Å². The second kappa shape index (κ2) is 13.7. The molecule has 0 saturated heterocycles. The lowest BCUT2D eigenvalue weighted by atomic mass is 10.0. The molecule has 0 aromatic heterocycles. The number of esters is 1. The fourth-order valence-electron chi connectivity index (χ4n) is 3.73. The number of amides is 1. The van der Waals surface area contributed by atoms with E-state index < -0.39 is 36.5 Å². The molecule has 9 heteroatoms. The summed E-state index contributed by atoms with van der Waals surface area (Å²) in [5, 5.41) is 12.4. The smallest absolute Gasteiger partial charge is 0.323 e. The van der Waals surface area contributed by atoms with Crippen LogP contribution in [0.4, 0.5) is 5.69 Å². The van der Waals surface area contributed by atoms with Crippen molar-refractivity contribution >= 4 is 23.5 Å². The van der Waals surface area contributed by atoms with E-state index in [4.69, 9.17) is 15.2 Å². The molecule has 1 amide bonds. The maximum Gasteiger partial charge on any atom is 0.323 e. The largest absolute Gasteiger partial charge is 0.489 e. The zero-order chi connectivity index (χ0) is 23.3. The van der Waals surface area contributed by atoms with E-state index in [1.165, 1.54) is 4.90 Å². The summed E-state index contributed by atoms with van der Waals surface area (Å²) in [5.74, 6) is -1.58. The van der Waals surface area contributed by atoms with Crippen molar-refractivity contribution < 1.29 is 29.0 Å². The van der Waals surface area contributed by atoms with Gasteiger partial charge in [0.05, 0.1) is 12.3 Å². The van der Waals surface area contributed by atoms with E-state index in [9.17, 15) is 19.5 Å². The fraction of sp³-hybridized carbons (Fsp3) is 0.609. The molecule has 0 spiro atoms. The maximum atomic E-state index is 13.2. The molecule has 1 aliphatic rings. The number of nitrogens with one attached hydrogen (secondary N) is 1. The number of anilines is 1. The summed E-state index contributed by atoms with van der Waals surface area (Å²) in [6.45, 7) is 2.17. The minimum Gasteiger partial charge on any atom is -0.489 e. The summed E-state index contributed by atoms with van der Waals surface area (Å²) in [5.41, 5.74) is 5.91. The molecule has 32 heavy (non-hydrogen) atoms. The van der Waals surface area contributed by atoms with Crippen molar-refractivity contribution in [1.29, 1.82) is 0 Å². The minimum atomic E-state index is -1.13. The third-order valence-electron chi connectivity index (χ3n) is 5.34. The highest BCUT2D eigenvalue weighted by molar-refractivity contribution is 6.02. The van der Waals surface area contributed by atoms with Crippen LogP contribution in [-0.4, -0.2) is 61.3 Å². The Morgan fingerprint density at radius 3 is 2.59 bits per heavy atom. The summed E-state index contributed by atoms with van der Waals surface area (Å²) < 4.78 is 11.0. The van der Waals surface area contributed by atoms with E-state index >= 15 is 0 Å². The highest BCUT2D eigenvalue weighted by atomic mass is 16.5. The number of carbonyl (C=O) groups is 3. The second-order valence-corrected chi connectivity index (χ2v) is 7.82. The van der Waals surface area contributed by atoms with E-state index in [2.05, 4.69) is 5.32 Å². The molecule has 4 N–H and O–H groups in total. The lowest BCUT2D eigenvalue weighted by molar-refractivity contribution is -0.146. The standard InChI is InChI=1S/C23H35N3O6/c1-2-31-23(30)17(11-7-5-3-4-6-10-14-24)25-18-16-32-20-13-9-8-12-19(20)26(22(18)29)15-21(27)28/h8-9,12-13,17-18,25H,2-7,10-11,14-16,24H2,1H3,(H,27,28)/t17-,18?/m0/s1. The Balaban J connectivity index is 2.06. The van der Waals surface area contributed by atoms with Crippen LogP contribution in [0.25, 0.3) is 0 Å². The van der Waals surface area contributed by atoms with Gasteiger partial charge < -0.3 is 20.3 Å². The number of unbranched alkanes of at least 4 members (excludes halogenated alkanes) is 5. The van der Waals surface area contributed by atoms with Gasteiger partial charge in [0.15, 0.2) is 0 Å². The predicted molar refractivity (Wildman–Crippen MR) is 121 cm³/mol. The summed E-state index contributed by atoms with van der Waals surface area (Å²) in [6, 6.07) is 5.25. The van der Waals surface area contributed by atoms with Gasteiger partial charge in [-0.25, -0.2) is 0 Å². The number of carboxylic acid groups (broad SMARTS) is 1. The van der Waals surface area contributed by atoms with Gasteiger partial charge in [0.25, 0.3) is 0 Å². The molecule has 0 radical (unpaired) electrons. The highest BCUT2D eigenvalue weighted by Crippen LogP contribution is 2.31. The van der Waals surface area contributed by atoms with Crippen LogP contribution in [0.1, 0.15) is 51.9 Å². The van der Waals surface area contributed by atoms with Gasteiger partial charge >= 0.3 is 11.9 Å². The number of carboxylic acids is 1. The van der Waals surface area contributed by atoms with Crippen LogP contribution in [0.15, 0.2) is 24.3 Å². The van der Waals surface area contributed by atoms with Gasteiger partial charge in [-0.3, -0.25) is 24.6 Å². The molecule has 1 heterocycles. The zero-order valence-corrected chi connectivity index (χ0v) is 18.8. The Kier molecular flexibility index (Phi) is 11.0. The van der Waals surface area contributed by atoms with Crippen LogP contribution in [0.3, 0.4) is 0 Å². The Labute approximate surface area is 189 Å². The molecule has 0 fully saturated rings. The van der Waals surface area contributed by atoms with Gasteiger partial charge in [-0.1, -0.05) is 44.2 Å². The number of rotatable bonds is 14. The number of benzene rings is 1. The molecular formula is C23H35N3O6. The number of nitrogens with zero attached hydrogens (tertiary/aromatic N) is 1. The Morgan fingerprint density at radius 2 is 1.91 bits per heavy atom. The average Bonchev–Trinajstić information content (AvgIpc) is 2.89. The fourth-order valence-corrected chi connectivity index (χ4v) is 3.73. The summed E-state index contributed by atoms with van der Waals surface area (Å²) in [6.07, 6.45) is 6.57. The van der Waals surface area contributed by atoms with Crippen molar-refractivity contribution in [2.24, 2.45) is 5.73 Å². The van der Waals surface area contributed by atoms with Crippen LogP contribution < -0.4 is 20.7 Å². The Bertz CT molecular complexity index is 757. The van der Waals surface area contributed by atoms with Gasteiger partial charge in [-0.05, 0) is 38.4 Å². The van der Waals surface area contributed by atoms with Crippen molar-refractivity contribution in [2.45, 2.75) is 64.0 Å². The SMILES string of the molecule is CCOC(=O)[C@H](CCCCCCCCN)NC1COc2ccccc2N(CC(=O)O)C1=O. The summed E-state index contributed by atoms with van der Waals surface area (Å²) in [7, 11) is 0. The molecule has 1 aliphatic heterocycles. The first-order valence-corrected chi connectivity index (χ1v) is 11.4. The number of nitrogens with two attached hydrogens (primary N) is 1. The van der Waals surface area contributed by atoms with Crippen LogP contribution >= 0.6 is 0 Å². The molecule has 1 aromatic rings. The van der Waals surface area contributed by atoms with Crippen molar-refractivity contribution in [3.63, 3.8) is 0 Å². The number of fused-ring (bicyclic) bond motifs is 1. The monoisotopic (exact) mass is 449 g/mol.